The first-order valence-corrected chi connectivity index (χ1v) is 8.82. The third-order valence-electron chi connectivity index (χ3n) is 4.63. The van der Waals surface area contributed by atoms with Crippen LogP contribution in [0.2, 0.25) is 0 Å². The molecule has 0 unspecified atom stereocenters. The fourth-order valence-corrected chi connectivity index (χ4v) is 2.78. The molecule has 5 nitrogen and oxygen atoms in total. The Hall–Kier alpha value is -0.810. The molecule has 2 N–H and O–H groups in total. The zero-order valence-corrected chi connectivity index (χ0v) is 15.3. The Morgan fingerprint density at radius 3 is 2.35 bits per heavy atom. The number of carbonyl (C=O) groups is 2. The summed E-state index contributed by atoms with van der Waals surface area (Å²) in [4.78, 5) is 25.7. The van der Waals surface area contributed by atoms with E-state index in [9.17, 15) is 9.59 Å². The van der Waals surface area contributed by atoms with E-state index in [1.54, 1.807) is 0 Å². The van der Waals surface area contributed by atoms with Gasteiger partial charge in [0.2, 0.25) is 11.8 Å². The average Bonchev–Trinajstić information content (AvgIpc) is 3.33. The number of nitrogens with one attached hydrogen (secondary N) is 2. The highest BCUT2D eigenvalue weighted by molar-refractivity contribution is 5.85. The lowest BCUT2D eigenvalue weighted by atomic mass is 10.0. The molecule has 23 heavy (non-hydrogen) atoms. The molecule has 0 aromatic rings. The molecular weight excluding hydrogens is 314 g/mol. The minimum atomic E-state index is -0.0111. The van der Waals surface area contributed by atoms with Crippen molar-refractivity contribution in [3.05, 3.63) is 0 Å². The van der Waals surface area contributed by atoms with Crippen LogP contribution in [0.25, 0.3) is 0 Å². The van der Waals surface area contributed by atoms with E-state index in [2.05, 4.69) is 24.5 Å². The van der Waals surface area contributed by atoms with Crippen LogP contribution in [-0.4, -0.2) is 48.9 Å². The normalized spacial score (nSPS) is 18.7. The summed E-state index contributed by atoms with van der Waals surface area (Å²) in [5.41, 5.74) is 0. The Bertz CT molecular complexity index is 378. The fraction of sp³-hybridized carbons (Fsp3) is 0.882. The maximum absolute atomic E-state index is 12.1. The van der Waals surface area contributed by atoms with Crippen LogP contribution in [0.15, 0.2) is 0 Å². The third-order valence-corrected chi connectivity index (χ3v) is 4.63. The van der Waals surface area contributed by atoms with E-state index in [-0.39, 0.29) is 30.8 Å². The van der Waals surface area contributed by atoms with Gasteiger partial charge in [0.05, 0.1) is 6.54 Å². The topological polar surface area (TPSA) is 61.4 Å². The number of halogens is 1. The summed E-state index contributed by atoms with van der Waals surface area (Å²) in [5.74, 6) is 1.46. The molecule has 6 heteroatoms. The first-order chi connectivity index (χ1) is 10.5. The van der Waals surface area contributed by atoms with Crippen molar-refractivity contribution >= 4 is 24.2 Å². The van der Waals surface area contributed by atoms with Crippen LogP contribution in [0.3, 0.4) is 0 Å². The molecule has 1 aliphatic heterocycles. The van der Waals surface area contributed by atoms with Gasteiger partial charge >= 0.3 is 0 Å². The van der Waals surface area contributed by atoms with Crippen LogP contribution in [-0.2, 0) is 9.59 Å². The summed E-state index contributed by atoms with van der Waals surface area (Å²) in [6, 6.07) is 0.560. The van der Waals surface area contributed by atoms with Crippen molar-refractivity contribution in [3.63, 3.8) is 0 Å². The number of carbonyl (C=O) groups excluding carboxylic acids is 2. The molecule has 134 valence electrons. The molecule has 0 bridgehead atoms. The van der Waals surface area contributed by atoms with Crippen LogP contribution in [0.1, 0.15) is 52.4 Å². The Morgan fingerprint density at radius 1 is 1.13 bits per heavy atom. The van der Waals surface area contributed by atoms with Crippen molar-refractivity contribution in [3.8, 4) is 0 Å². The van der Waals surface area contributed by atoms with E-state index >= 15 is 0 Å². The lowest BCUT2D eigenvalue weighted by Gasteiger charge is -2.32. The Morgan fingerprint density at radius 2 is 1.78 bits per heavy atom. The molecule has 0 atom stereocenters. The molecular formula is C17H32ClN3O2. The number of likely N-dealkylation sites (tertiary alicyclic amines) is 1. The zero-order chi connectivity index (χ0) is 15.9. The number of piperidine rings is 1. The van der Waals surface area contributed by atoms with Gasteiger partial charge in [0, 0.05) is 25.6 Å². The van der Waals surface area contributed by atoms with Gasteiger partial charge < -0.3 is 15.5 Å². The molecule has 2 rings (SSSR count). The molecule has 0 radical (unpaired) electrons. The first kappa shape index (κ1) is 20.2. The third kappa shape index (κ3) is 8.02. The zero-order valence-electron chi connectivity index (χ0n) is 14.5. The molecule has 1 aliphatic carbocycles. The Kier molecular flexibility index (Phi) is 8.92. The maximum Gasteiger partial charge on any atom is 0.241 e. The van der Waals surface area contributed by atoms with E-state index in [1.165, 1.54) is 12.8 Å². The maximum atomic E-state index is 12.1. The summed E-state index contributed by atoms with van der Waals surface area (Å²) < 4.78 is 0. The summed E-state index contributed by atoms with van der Waals surface area (Å²) in [6.07, 6.45) is 6.19. The van der Waals surface area contributed by atoms with Gasteiger partial charge in [-0.3, -0.25) is 9.59 Å². The summed E-state index contributed by atoms with van der Waals surface area (Å²) in [6.45, 7) is 7.10. The van der Waals surface area contributed by atoms with E-state index < -0.39 is 0 Å². The van der Waals surface area contributed by atoms with Crippen LogP contribution >= 0.6 is 12.4 Å². The van der Waals surface area contributed by atoms with E-state index in [4.69, 9.17) is 0 Å². The number of hydrogen-bond donors (Lipinski definition) is 2. The molecule has 1 saturated heterocycles. The van der Waals surface area contributed by atoms with Gasteiger partial charge in [-0.2, -0.15) is 0 Å². The molecule has 1 heterocycles. The van der Waals surface area contributed by atoms with Crippen molar-refractivity contribution < 1.29 is 9.59 Å². The van der Waals surface area contributed by atoms with Crippen LogP contribution in [0.5, 0.6) is 0 Å². The second-order valence-electron chi connectivity index (χ2n) is 7.22. The van der Waals surface area contributed by atoms with E-state index in [0.29, 0.717) is 18.4 Å². The Labute approximate surface area is 146 Å². The van der Waals surface area contributed by atoms with Crippen LogP contribution < -0.4 is 10.6 Å². The van der Waals surface area contributed by atoms with Crippen molar-refractivity contribution in [2.45, 2.75) is 58.4 Å². The molecule has 2 amide bonds. The Balaban J connectivity index is 0.00000264. The van der Waals surface area contributed by atoms with Gasteiger partial charge in [-0.1, -0.05) is 13.8 Å². The monoisotopic (exact) mass is 345 g/mol. The second-order valence-corrected chi connectivity index (χ2v) is 7.22. The predicted octanol–water partition coefficient (Wildman–Crippen LogP) is 1.95. The van der Waals surface area contributed by atoms with Gasteiger partial charge in [-0.15, -0.1) is 12.4 Å². The second kappa shape index (κ2) is 10.1. The van der Waals surface area contributed by atoms with Crippen LogP contribution in [0, 0.1) is 11.8 Å². The van der Waals surface area contributed by atoms with Gasteiger partial charge in [-0.25, -0.2) is 0 Å². The molecule has 2 fully saturated rings. The minimum absolute atomic E-state index is 0. The van der Waals surface area contributed by atoms with Crippen molar-refractivity contribution in [2.24, 2.45) is 11.8 Å². The largest absolute Gasteiger partial charge is 0.347 e. The first-order valence-electron chi connectivity index (χ1n) is 8.82. The summed E-state index contributed by atoms with van der Waals surface area (Å²) in [5, 5.41) is 6.36. The van der Waals surface area contributed by atoms with Gasteiger partial charge in [-0.05, 0) is 50.5 Å². The molecule has 2 aliphatic rings. The average molecular weight is 346 g/mol. The smallest absolute Gasteiger partial charge is 0.241 e. The highest BCUT2D eigenvalue weighted by Crippen LogP contribution is 2.28. The molecule has 0 spiro atoms. The van der Waals surface area contributed by atoms with Gasteiger partial charge in [0.25, 0.3) is 0 Å². The standard InChI is InChI=1S/C17H31N3O2.ClH/c1-13(2)3-6-16(21)19-12-17(22)20-9-7-15(8-10-20)18-11-14-4-5-14;/h13-15,18H,3-12H2,1-2H3,(H,19,21);1H. The van der Waals surface area contributed by atoms with Crippen molar-refractivity contribution in [1.82, 2.24) is 15.5 Å². The highest BCUT2D eigenvalue weighted by atomic mass is 35.5. The minimum Gasteiger partial charge on any atom is -0.347 e. The number of amides is 2. The number of hydrogen-bond acceptors (Lipinski definition) is 3. The summed E-state index contributed by atoms with van der Waals surface area (Å²) >= 11 is 0. The van der Waals surface area contributed by atoms with Gasteiger partial charge in [0.15, 0.2) is 0 Å². The molecule has 0 aromatic carbocycles. The van der Waals surface area contributed by atoms with Crippen LogP contribution in [0.4, 0.5) is 0 Å². The van der Waals surface area contributed by atoms with Crippen molar-refractivity contribution in [2.75, 3.05) is 26.2 Å². The lowest BCUT2D eigenvalue weighted by Crippen LogP contribution is -2.48. The van der Waals surface area contributed by atoms with E-state index in [0.717, 1.165) is 44.8 Å². The quantitative estimate of drug-likeness (QED) is 0.707. The van der Waals surface area contributed by atoms with Gasteiger partial charge in [0.1, 0.15) is 0 Å². The van der Waals surface area contributed by atoms with Crippen molar-refractivity contribution in [1.29, 1.82) is 0 Å². The van der Waals surface area contributed by atoms with E-state index in [1.807, 2.05) is 4.90 Å². The lowest BCUT2D eigenvalue weighted by molar-refractivity contribution is -0.133. The predicted molar refractivity (Wildman–Crippen MR) is 94.7 cm³/mol. The highest BCUT2D eigenvalue weighted by Gasteiger charge is 2.25. The number of rotatable bonds is 8. The fourth-order valence-electron chi connectivity index (χ4n) is 2.78. The number of nitrogens with zero attached hydrogens (tertiary/aromatic N) is 1. The molecule has 1 saturated carbocycles. The molecule has 0 aromatic heterocycles. The SMILES string of the molecule is CC(C)CCC(=O)NCC(=O)N1CCC(NCC2CC2)CC1.Cl. The summed E-state index contributed by atoms with van der Waals surface area (Å²) in [7, 11) is 0.